The molecule has 0 saturated heterocycles. The molecule has 8 heteroatoms. The number of benzene rings is 3. The molecule has 2 N–H and O–H groups in total. The molecule has 32 heavy (non-hydrogen) atoms. The van der Waals surface area contributed by atoms with Gasteiger partial charge in [-0.2, -0.15) is 0 Å². The zero-order valence-corrected chi connectivity index (χ0v) is 18.2. The Hall–Kier alpha value is -3.75. The highest BCUT2D eigenvalue weighted by molar-refractivity contribution is 7.89. The number of aromatic nitrogens is 2. The minimum atomic E-state index is -3.81. The van der Waals surface area contributed by atoms with Crippen molar-refractivity contribution in [3.63, 3.8) is 0 Å². The van der Waals surface area contributed by atoms with E-state index in [9.17, 15) is 13.2 Å². The number of carbonyl (C=O) groups excluding carboxylic acids is 1. The summed E-state index contributed by atoms with van der Waals surface area (Å²) in [6.07, 6.45) is 0.311. The number of nitrogens with two attached hydrogens (primary N) is 1. The monoisotopic (exact) mass is 446 g/mol. The van der Waals surface area contributed by atoms with E-state index in [-0.39, 0.29) is 10.8 Å². The second kappa shape index (κ2) is 8.78. The average Bonchev–Trinajstić information content (AvgIpc) is 3.25. The van der Waals surface area contributed by atoms with Crippen molar-refractivity contribution in [3.8, 4) is 16.9 Å². The van der Waals surface area contributed by atoms with Gasteiger partial charge in [-0.3, -0.25) is 9.69 Å². The summed E-state index contributed by atoms with van der Waals surface area (Å²) in [5, 5.41) is 9.96. The van der Waals surface area contributed by atoms with E-state index >= 15 is 0 Å². The Morgan fingerprint density at radius 1 is 0.938 bits per heavy atom. The average molecular weight is 447 g/mol. The lowest BCUT2D eigenvalue weighted by atomic mass is 10.1. The number of hydrogen-bond donors (Lipinski definition) is 1. The first kappa shape index (κ1) is 21.5. The molecular formula is C24H22N4O3S. The van der Waals surface area contributed by atoms with Crippen molar-refractivity contribution >= 4 is 27.4 Å². The van der Waals surface area contributed by atoms with Gasteiger partial charge in [0, 0.05) is 18.1 Å². The van der Waals surface area contributed by atoms with E-state index in [1.54, 1.807) is 28.6 Å². The van der Waals surface area contributed by atoms with Gasteiger partial charge in [0.1, 0.15) is 0 Å². The number of anilines is 2. The molecule has 0 aliphatic carbocycles. The van der Waals surface area contributed by atoms with Crippen LogP contribution in [0.1, 0.15) is 13.3 Å². The number of nitrogens with zero attached hydrogens (tertiary/aromatic N) is 3. The summed E-state index contributed by atoms with van der Waals surface area (Å²) >= 11 is 0. The van der Waals surface area contributed by atoms with Crippen molar-refractivity contribution < 1.29 is 13.2 Å². The van der Waals surface area contributed by atoms with Crippen molar-refractivity contribution in [2.75, 3.05) is 4.90 Å². The number of amides is 1. The smallest absolute Gasteiger partial charge is 0.238 e. The molecule has 4 aromatic rings. The topological polar surface area (TPSA) is 98.3 Å². The summed E-state index contributed by atoms with van der Waals surface area (Å²) in [6.45, 7) is 1.80. The van der Waals surface area contributed by atoms with Gasteiger partial charge in [-0.25, -0.2) is 18.2 Å². The zero-order chi connectivity index (χ0) is 22.7. The molecule has 162 valence electrons. The van der Waals surface area contributed by atoms with Crippen LogP contribution < -0.4 is 10.0 Å². The van der Waals surface area contributed by atoms with E-state index in [4.69, 9.17) is 10.2 Å². The SMILES string of the molecule is CCC(=O)N(c1ccccc1)c1cc(-c2ccccc2)n(-c2ccc(S(N)(=O)=O)cc2)n1. The van der Waals surface area contributed by atoms with Crippen LogP contribution in [-0.4, -0.2) is 24.1 Å². The molecule has 0 radical (unpaired) electrons. The van der Waals surface area contributed by atoms with Crippen molar-refractivity contribution in [1.82, 2.24) is 9.78 Å². The number of primary sulfonamides is 1. The van der Waals surface area contributed by atoms with Gasteiger partial charge in [-0.1, -0.05) is 55.5 Å². The highest BCUT2D eigenvalue weighted by atomic mass is 32.2. The lowest BCUT2D eigenvalue weighted by molar-refractivity contribution is -0.117. The number of hydrogen-bond acceptors (Lipinski definition) is 4. The summed E-state index contributed by atoms with van der Waals surface area (Å²) in [6, 6.07) is 27.0. The molecule has 0 unspecified atom stereocenters. The second-order valence-corrected chi connectivity index (χ2v) is 8.68. The molecule has 1 heterocycles. The molecular weight excluding hydrogens is 424 g/mol. The maximum Gasteiger partial charge on any atom is 0.238 e. The normalized spacial score (nSPS) is 11.3. The van der Waals surface area contributed by atoms with E-state index < -0.39 is 10.0 Å². The minimum absolute atomic E-state index is 0.0157. The van der Waals surface area contributed by atoms with Gasteiger partial charge >= 0.3 is 0 Å². The first-order valence-electron chi connectivity index (χ1n) is 10.0. The van der Waals surface area contributed by atoms with Crippen molar-refractivity contribution in [2.24, 2.45) is 5.14 Å². The molecule has 0 bridgehead atoms. The molecule has 0 aliphatic rings. The predicted molar refractivity (Wildman–Crippen MR) is 124 cm³/mol. The minimum Gasteiger partial charge on any atom is -0.274 e. The van der Waals surface area contributed by atoms with Gasteiger partial charge in [0.15, 0.2) is 5.82 Å². The van der Waals surface area contributed by atoms with Gasteiger partial charge in [0.05, 0.1) is 22.0 Å². The lowest BCUT2D eigenvalue weighted by Crippen LogP contribution is -2.25. The van der Waals surface area contributed by atoms with Crippen LogP contribution in [-0.2, 0) is 14.8 Å². The fourth-order valence-corrected chi connectivity index (χ4v) is 3.92. The summed E-state index contributed by atoms with van der Waals surface area (Å²) in [4.78, 5) is 14.5. The Labute approximate surface area is 186 Å². The van der Waals surface area contributed by atoms with Crippen LogP contribution >= 0.6 is 0 Å². The van der Waals surface area contributed by atoms with Crippen LogP contribution in [0.5, 0.6) is 0 Å². The maximum atomic E-state index is 12.9. The van der Waals surface area contributed by atoms with E-state index in [0.717, 1.165) is 11.3 Å². The van der Waals surface area contributed by atoms with Crippen LogP contribution in [0.4, 0.5) is 11.5 Å². The third kappa shape index (κ3) is 4.32. The first-order chi connectivity index (χ1) is 15.4. The fraction of sp³-hybridized carbons (Fsp3) is 0.0833. The Morgan fingerprint density at radius 3 is 2.09 bits per heavy atom. The van der Waals surface area contributed by atoms with Crippen LogP contribution in [0.15, 0.2) is 95.9 Å². The molecule has 3 aromatic carbocycles. The molecule has 0 atom stereocenters. The quantitative estimate of drug-likeness (QED) is 0.478. The number of sulfonamides is 1. The standard InChI is InChI=1S/C24H22N4O3S/c1-2-24(29)27(19-11-7-4-8-12-19)23-17-22(18-9-5-3-6-10-18)28(26-23)20-13-15-21(16-14-20)32(25,30)31/h3-17H,2H2,1H3,(H2,25,30,31). The van der Waals surface area contributed by atoms with Crippen molar-refractivity contribution in [2.45, 2.75) is 18.2 Å². The molecule has 0 aliphatic heterocycles. The Kier molecular flexibility index (Phi) is 5.89. The van der Waals surface area contributed by atoms with Gasteiger partial charge in [-0.15, -0.1) is 5.10 Å². The predicted octanol–water partition coefficient (Wildman–Crippen LogP) is 4.26. The lowest BCUT2D eigenvalue weighted by Gasteiger charge is -2.19. The van der Waals surface area contributed by atoms with Crippen LogP contribution in [0.3, 0.4) is 0 Å². The summed E-state index contributed by atoms with van der Waals surface area (Å²) in [7, 11) is -3.81. The van der Waals surface area contributed by atoms with Gasteiger partial charge < -0.3 is 0 Å². The van der Waals surface area contributed by atoms with Gasteiger partial charge in [0.25, 0.3) is 0 Å². The summed E-state index contributed by atoms with van der Waals surface area (Å²) < 4.78 is 25.0. The van der Waals surface area contributed by atoms with Crippen LogP contribution in [0, 0.1) is 0 Å². The van der Waals surface area contributed by atoms with E-state index in [0.29, 0.717) is 23.6 Å². The highest BCUT2D eigenvalue weighted by Gasteiger charge is 2.22. The van der Waals surface area contributed by atoms with E-state index in [1.165, 1.54) is 12.1 Å². The van der Waals surface area contributed by atoms with E-state index in [1.807, 2.05) is 66.7 Å². The van der Waals surface area contributed by atoms with Gasteiger partial charge in [-0.05, 0) is 36.4 Å². The number of carbonyl (C=O) groups is 1. The number of para-hydroxylation sites is 1. The Bertz CT molecular complexity index is 1330. The molecule has 0 spiro atoms. The van der Waals surface area contributed by atoms with Crippen LogP contribution in [0.25, 0.3) is 16.9 Å². The van der Waals surface area contributed by atoms with Crippen molar-refractivity contribution in [1.29, 1.82) is 0 Å². The molecule has 7 nitrogen and oxygen atoms in total. The Balaban J connectivity index is 1.89. The van der Waals surface area contributed by atoms with E-state index in [2.05, 4.69) is 0 Å². The number of rotatable bonds is 6. The third-order valence-electron chi connectivity index (χ3n) is 4.97. The fourth-order valence-electron chi connectivity index (χ4n) is 3.41. The molecule has 0 fully saturated rings. The second-order valence-electron chi connectivity index (χ2n) is 7.12. The maximum absolute atomic E-state index is 12.9. The third-order valence-corrected chi connectivity index (χ3v) is 5.90. The molecule has 1 amide bonds. The molecule has 0 saturated carbocycles. The first-order valence-corrected chi connectivity index (χ1v) is 11.6. The highest BCUT2D eigenvalue weighted by Crippen LogP contribution is 2.32. The zero-order valence-electron chi connectivity index (χ0n) is 17.4. The van der Waals surface area contributed by atoms with Crippen LogP contribution in [0.2, 0.25) is 0 Å². The summed E-state index contributed by atoms with van der Waals surface area (Å²) in [5.74, 6) is 0.377. The largest absolute Gasteiger partial charge is 0.274 e. The Morgan fingerprint density at radius 2 is 1.53 bits per heavy atom. The summed E-state index contributed by atoms with van der Waals surface area (Å²) in [5.41, 5.74) is 3.01. The van der Waals surface area contributed by atoms with Crippen molar-refractivity contribution in [3.05, 3.63) is 91.0 Å². The molecule has 4 rings (SSSR count). The van der Waals surface area contributed by atoms with Gasteiger partial charge in [0.2, 0.25) is 15.9 Å². The molecule has 1 aromatic heterocycles.